The summed E-state index contributed by atoms with van der Waals surface area (Å²) in [6, 6.07) is 5.13. The van der Waals surface area contributed by atoms with Gasteiger partial charge in [-0.15, -0.1) is 0 Å². The van der Waals surface area contributed by atoms with Crippen LogP contribution in [0.25, 0.3) is 0 Å². The molecule has 0 aliphatic carbocycles. The Morgan fingerprint density at radius 2 is 1.62 bits per heavy atom. The summed E-state index contributed by atoms with van der Waals surface area (Å²) in [5, 5.41) is 0. The number of nitrogens with two attached hydrogens (primary N) is 1. The van der Waals surface area contributed by atoms with Crippen LogP contribution in [0.1, 0.15) is 44.7 Å². The second-order valence-corrected chi connectivity index (χ2v) is 6.42. The van der Waals surface area contributed by atoms with E-state index in [1.165, 1.54) is 0 Å². The van der Waals surface area contributed by atoms with E-state index in [0.717, 1.165) is 5.56 Å². The average molecular weight is 291 g/mol. The van der Waals surface area contributed by atoms with Crippen molar-refractivity contribution in [3.05, 3.63) is 29.3 Å². The van der Waals surface area contributed by atoms with Gasteiger partial charge in [-0.3, -0.25) is 9.59 Å². The summed E-state index contributed by atoms with van der Waals surface area (Å²) >= 11 is 0. The summed E-state index contributed by atoms with van der Waals surface area (Å²) in [4.78, 5) is 30.1. The first kappa shape index (κ1) is 15.7. The van der Waals surface area contributed by atoms with Crippen LogP contribution in [-0.2, 0) is 14.3 Å². The van der Waals surface area contributed by atoms with Crippen molar-refractivity contribution < 1.29 is 19.2 Å². The predicted octanol–water partition coefficient (Wildman–Crippen LogP) is 2.06. The molecule has 2 rings (SSSR count). The predicted molar refractivity (Wildman–Crippen MR) is 78.0 cm³/mol. The number of rotatable bonds is 2. The van der Waals surface area contributed by atoms with E-state index in [1.54, 1.807) is 45.9 Å². The van der Waals surface area contributed by atoms with E-state index in [2.05, 4.69) is 0 Å². The van der Waals surface area contributed by atoms with Gasteiger partial charge in [0.1, 0.15) is 22.9 Å². The second kappa shape index (κ2) is 4.93. The Hall–Kier alpha value is -1.72. The molecule has 0 radical (unpaired) electrons. The molecule has 2 N–H and O–H groups in total. The maximum atomic E-state index is 12.7. The molecular weight excluding hydrogens is 270 g/mol. The van der Waals surface area contributed by atoms with E-state index in [1.807, 2.05) is 6.92 Å². The highest BCUT2D eigenvalue weighted by Crippen LogP contribution is 2.40. The van der Waals surface area contributed by atoms with Gasteiger partial charge in [0.2, 0.25) is 0 Å². The van der Waals surface area contributed by atoms with Gasteiger partial charge in [0.25, 0.3) is 0 Å². The van der Waals surface area contributed by atoms with Crippen molar-refractivity contribution in [3.63, 3.8) is 0 Å². The average Bonchev–Trinajstić information content (AvgIpc) is 2.38. The number of ether oxygens (including phenoxy) is 1. The first-order valence-electron chi connectivity index (χ1n) is 6.86. The lowest BCUT2D eigenvalue weighted by Gasteiger charge is -2.43. The molecular formula is C16H21NO4. The van der Waals surface area contributed by atoms with E-state index >= 15 is 0 Å². The molecule has 0 spiro atoms. The molecule has 1 heterocycles. The third kappa shape index (κ3) is 2.59. The van der Waals surface area contributed by atoms with Crippen molar-refractivity contribution in [2.45, 2.75) is 51.7 Å². The van der Waals surface area contributed by atoms with Gasteiger partial charge in [0.15, 0.2) is 11.6 Å². The van der Waals surface area contributed by atoms with Gasteiger partial charge in [0, 0.05) is 0 Å². The molecule has 1 fully saturated rings. The lowest BCUT2D eigenvalue weighted by atomic mass is 9.74. The van der Waals surface area contributed by atoms with Crippen LogP contribution in [0.5, 0.6) is 5.75 Å². The van der Waals surface area contributed by atoms with Crippen molar-refractivity contribution in [2.75, 3.05) is 0 Å². The molecule has 5 heteroatoms. The van der Waals surface area contributed by atoms with Gasteiger partial charge in [-0.25, -0.2) is 0 Å². The molecule has 1 aliphatic rings. The third-order valence-electron chi connectivity index (χ3n) is 3.92. The van der Waals surface area contributed by atoms with Gasteiger partial charge in [-0.05, 0) is 57.9 Å². The van der Waals surface area contributed by atoms with Gasteiger partial charge < -0.3 is 9.57 Å². The van der Waals surface area contributed by atoms with Gasteiger partial charge >= 0.3 is 0 Å². The minimum Gasteiger partial charge on any atom is -0.412 e. The van der Waals surface area contributed by atoms with Crippen LogP contribution in [0.15, 0.2) is 18.2 Å². The summed E-state index contributed by atoms with van der Waals surface area (Å²) in [6.45, 7) is 8.61. The molecule has 21 heavy (non-hydrogen) atoms. The Bertz CT molecular complexity index is 578. The summed E-state index contributed by atoms with van der Waals surface area (Å²) < 4.78 is 5.68. The summed E-state index contributed by atoms with van der Waals surface area (Å²) in [5.41, 5.74) is -0.573. The quantitative estimate of drug-likeness (QED) is 0.666. The van der Waals surface area contributed by atoms with Crippen molar-refractivity contribution in [3.8, 4) is 5.75 Å². The van der Waals surface area contributed by atoms with Crippen LogP contribution < -0.4 is 10.7 Å². The van der Waals surface area contributed by atoms with Gasteiger partial charge in [0.05, 0.1) is 0 Å². The minimum absolute atomic E-state index is 0.246. The number of benzene rings is 1. The molecule has 0 aromatic heterocycles. The van der Waals surface area contributed by atoms with Crippen LogP contribution >= 0.6 is 0 Å². The topological polar surface area (TPSA) is 78.6 Å². The van der Waals surface area contributed by atoms with Crippen molar-refractivity contribution in [1.29, 1.82) is 0 Å². The van der Waals surface area contributed by atoms with Crippen molar-refractivity contribution >= 4 is 11.6 Å². The first-order valence-corrected chi connectivity index (χ1v) is 6.86. The van der Waals surface area contributed by atoms with Crippen molar-refractivity contribution in [2.24, 2.45) is 5.90 Å². The number of hydrogen-bond acceptors (Lipinski definition) is 5. The summed E-state index contributed by atoms with van der Waals surface area (Å²) in [7, 11) is 0. The fourth-order valence-electron chi connectivity index (χ4n) is 2.84. The fourth-order valence-corrected chi connectivity index (χ4v) is 2.84. The Morgan fingerprint density at radius 1 is 1.10 bits per heavy atom. The van der Waals surface area contributed by atoms with Crippen LogP contribution in [-0.4, -0.2) is 22.8 Å². The molecule has 5 nitrogen and oxygen atoms in total. The molecule has 1 aromatic carbocycles. The summed E-state index contributed by atoms with van der Waals surface area (Å²) in [5.74, 6) is 4.24. The number of hydrogen-bond donors (Lipinski definition) is 1. The van der Waals surface area contributed by atoms with E-state index in [0.29, 0.717) is 11.3 Å². The Balaban J connectivity index is 2.59. The molecule has 0 bridgehead atoms. The third-order valence-corrected chi connectivity index (χ3v) is 3.92. The van der Waals surface area contributed by atoms with E-state index < -0.39 is 17.1 Å². The Kier molecular flexibility index (Phi) is 3.68. The molecule has 0 atom stereocenters. The zero-order chi connectivity index (χ0) is 16.0. The fraction of sp³-hybridized carbons (Fsp3) is 0.500. The highest BCUT2D eigenvalue weighted by molar-refractivity contribution is 6.15. The number of aryl methyl sites for hydroxylation is 1. The maximum absolute atomic E-state index is 12.7. The van der Waals surface area contributed by atoms with Crippen LogP contribution in [0, 0.1) is 6.92 Å². The number of carbonyl (C=O) groups excluding carboxylic acids is 2. The lowest BCUT2D eigenvalue weighted by molar-refractivity contribution is -0.184. The smallest absolute Gasteiger partial charge is 0.179 e. The van der Waals surface area contributed by atoms with Gasteiger partial charge in [-0.2, -0.15) is 5.90 Å². The van der Waals surface area contributed by atoms with Crippen molar-refractivity contribution in [1.82, 2.24) is 0 Å². The van der Waals surface area contributed by atoms with Crippen LogP contribution in [0.3, 0.4) is 0 Å². The van der Waals surface area contributed by atoms with Crippen LogP contribution in [0.4, 0.5) is 0 Å². The normalized spacial score (nSPS) is 21.4. The monoisotopic (exact) mass is 291 g/mol. The zero-order valence-electron chi connectivity index (χ0n) is 13.0. The lowest BCUT2D eigenvalue weighted by Crippen LogP contribution is -2.57. The zero-order valence-corrected chi connectivity index (χ0v) is 13.0. The highest BCUT2D eigenvalue weighted by Gasteiger charge is 2.53. The first-order chi connectivity index (χ1) is 9.60. The largest absolute Gasteiger partial charge is 0.412 e. The molecule has 1 aliphatic heterocycles. The van der Waals surface area contributed by atoms with E-state index in [-0.39, 0.29) is 11.6 Å². The van der Waals surface area contributed by atoms with Crippen LogP contribution in [0.2, 0.25) is 0 Å². The van der Waals surface area contributed by atoms with Gasteiger partial charge in [-0.1, -0.05) is 6.07 Å². The number of ketones is 2. The van der Waals surface area contributed by atoms with E-state index in [4.69, 9.17) is 15.5 Å². The molecule has 1 saturated heterocycles. The molecule has 0 unspecified atom stereocenters. The van der Waals surface area contributed by atoms with E-state index in [9.17, 15) is 9.59 Å². The number of carbonyl (C=O) groups is 2. The molecule has 0 amide bonds. The minimum atomic E-state index is -1.02. The Labute approximate surface area is 124 Å². The second-order valence-electron chi connectivity index (χ2n) is 6.42. The highest BCUT2D eigenvalue weighted by atomic mass is 16.6. The Morgan fingerprint density at radius 3 is 2.10 bits per heavy atom. The maximum Gasteiger partial charge on any atom is 0.179 e. The molecule has 1 aromatic rings. The molecule has 0 saturated carbocycles. The summed E-state index contributed by atoms with van der Waals surface area (Å²) in [6.07, 6.45) is 0. The molecule has 114 valence electrons. The SMILES string of the molecule is Cc1ccc(ON)cc1C1C(=O)C(C)(C)OC(C)(C)C1=O. The number of Topliss-reactive ketones (excluding diaryl/α,β-unsaturated/α-hetero) is 2. The standard InChI is InChI=1S/C16H21NO4/c1-9-6-7-10(20-17)8-11(9)12-13(18)15(2,3)21-16(4,5)14(12)19/h6-8,12H,17H2,1-5H3.